The number of ketones is 3. The van der Waals surface area contributed by atoms with Crippen molar-refractivity contribution in [2.45, 2.75) is 59.3 Å². The van der Waals surface area contributed by atoms with Gasteiger partial charge in [0.25, 0.3) is 0 Å². The van der Waals surface area contributed by atoms with Gasteiger partial charge in [0.1, 0.15) is 17.3 Å². The number of carbonyl (C=O) groups is 3. The van der Waals surface area contributed by atoms with Crippen molar-refractivity contribution in [3.05, 3.63) is 38.5 Å². The molecule has 0 saturated heterocycles. The summed E-state index contributed by atoms with van der Waals surface area (Å²) in [5.74, 6) is -3.10. The number of aliphatic hydroxyl groups excluding tert-OH is 1. The second-order valence-electron chi connectivity index (χ2n) is 9.64. The fourth-order valence-corrected chi connectivity index (χ4v) is 5.48. The van der Waals surface area contributed by atoms with Crippen molar-refractivity contribution in [2.75, 3.05) is 0 Å². The smallest absolute Gasteiger partial charge is 0.324 e. The standard InChI is InChI=1S/C21H25NO6S/c1-20(2)7-11(23)17(12(24)8-20)19(15-5-6-16(29-15)22(27)28)18-13(25)9-21(3,4)10-14(18)26/h5-6,17,19,25H,7-10H2,1-4H3. The first-order valence-corrected chi connectivity index (χ1v) is 10.4. The number of nitro groups is 1. The van der Waals surface area contributed by atoms with E-state index < -0.39 is 27.6 Å². The van der Waals surface area contributed by atoms with Crippen molar-refractivity contribution in [3.8, 4) is 0 Å². The number of carbonyl (C=O) groups excluding carboxylic acids is 3. The monoisotopic (exact) mass is 419 g/mol. The van der Waals surface area contributed by atoms with Crippen LogP contribution < -0.4 is 0 Å². The second-order valence-corrected chi connectivity index (χ2v) is 10.7. The third kappa shape index (κ3) is 4.17. The molecule has 1 saturated carbocycles. The van der Waals surface area contributed by atoms with Crippen molar-refractivity contribution < 1.29 is 24.4 Å². The minimum absolute atomic E-state index is 0.0625. The van der Waals surface area contributed by atoms with Gasteiger partial charge < -0.3 is 5.11 Å². The summed E-state index contributed by atoms with van der Waals surface area (Å²) >= 11 is 0.843. The summed E-state index contributed by atoms with van der Waals surface area (Å²) in [4.78, 5) is 50.0. The van der Waals surface area contributed by atoms with Crippen LogP contribution in [0.2, 0.25) is 0 Å². The Morgan fingerprint density at radius 3 is 2.07 bits per heavy atom. The number of allylic oxidation sites excluding steroid dienone is 2. The third-order valence-corrected chi connectivity index (χ3v) is 6.76. The van der Waals surface area contributed by atoms with Crippen LogP contribution in [-0.2, 0) is 14.4 Å². The molecule has 0 spiro atoms. The summed E-state index contributed by atoms with van der Waals surface area (Å²) in [5.41, 5.74) is -0.835. The lowest BCUT2D eigenvalue weighted by atomic mass is 9.64. The van der Waals surface area contributed by atoms with Gasteiger partial charge >= 0.3 is 5.00 Å². The van der Waals surface area contributed by atoms with E-state index in [4.69, 9.17) is 0 Å². The van der Waals surface area contributed by atoms with Gasteiger partial charge in [-0.1, -0.05) is 39.0 Å². The minimum Gasteiger partial charge on any atom is -0.512 e. The third-order valence-electron chi connectivity index (χ3n) is 5.64. The van der Waals surface area contributed by atoms with Gasteiger partial charge in [-0.15, -0.1) is 0 Å². The summed E-state index contributed by atoms with van der Waals surface area (Å²) in [6.45, 7) is 7.41. The lowest BCUT2D eigenvalue weighted by Gasteiger charge is -2.38. The van der Waals surface area contributed by atoms with Crippen LogP contribution in [0.3, 0.4) is 0 Å². The van der Waals surface area contributed by atoms with E-state index in [-0.39, 0.29) is 59.4 Å². The predicted molar refractivity (Wildman–Crippen MR) is 108 cm³/mol. The van der Waals surface area contributed by atoms with Crippen LogP contribution in [0.4, 0.5) is 5.00 Å². The van der Waals surface area contributed by atoms with Crippen molar-refractivity contribution in [3.63, 3.8) is 0 Å². The molecule has 1 heterocycles. The molecule has 0 amide bonds. The highest BCUT2D eigenvalue weighted by Gasteiger charge is 2.49. The highest BCUT2D eigenvalue weighted by molar-refractivity contribution is 7.15. The number of aliphatic hydroxyl groups is 1. The minimum atomic E-state index is -1.11. The summed E-state index contributed by atoms with van der Waals surface area (Å²) in [6, 6.07) is 2.80. The molecule has 1 N–H and O–H groups in total. The largest absolute Gasteiger partial charge is 0.512 e. The topological polar surface area (TPSA) is 115 Å². The molecular formula is C21H25NO6S. The summed E-state index contributed by atoms with van der Waals surface area (Å²) in [6.07, 6.45) is 0.789. The van der Waals surface area contributed by atoms with Crippen molar-refractivity contribution in [2.24, 2.45) is 16.7 Å². The first-order valence-electron chi connectivity index (χ1n) is 9.56. The number of nitrogens with zero attached hydrogens (tertiary/aromatic N) is 1. The molecule has 1 aromatic rings. The SMILES string of the molecule is CC1(C)CC(=O)C(C(C2=C(O)CC(C)(C)CC2=O)c2ccc([N+](=O)[O-])s2)C(=O)C1. The van der Waals surface area contributed by atoms with Crippen LogP contribution in [0, 0.1) is 26.9 Å². The zero-order chi connectivity index (χ0) is 21.7. The zero-order valence-electron chi connectivity index (χ0n) is 17.0. The van der Waals surface area contributed by atoms with Crippen molar-refractivity contribution in [1.29, 1.82) is 0 Å². The van der Waals surface area contributed by atoms with E-state index in [9.17, 15) is 29.6 Å². The normalized spacial score (nSPS) is 23.4. The van der Waals surface area contributed by atoms with Gasteiger partial charge in [-0.2, -0.15) is 0 Å². The van der Waals surface area contributed by atoms with Crippen molar-refractivity contribution >= 4 is 33.7 Å². The fraction of sp³-hybridized carbons (Fsp3) is 0.571. The van der Waals surface area contributed by atoms with Crippen LogP contribution in [0.15, 0.2) is 23.5 Å². The number of hydrogen-bond donors (Lipinski definition) is 1. The van der Waals surface area contributed by atoms with E-state index in [1.54, 1.807) is 0 Å². The lowest BCUT2D eigenvalue weighted by Crippen LogP contribution is -2.42. The Kier molecular flexibility index (Phi) is 5.28. The van der Waals surface area contributed by atoms with Crippen LogP contribution >= 0.6 is 11.3 Å². The molecule has 2 aliphatic carbocycles. The van der Waals surface area contributed by atoms with E-state index in [2.05, 4.69) is 0 Å². The first-order chi connectivity index (χ1) is 13.3. The maximum absolute atomic E-state index is 13.0. The molecule has 3 rings (SSSR count). The number of hydrogen-bond acceptors (Lipinski definition) is 7. The number of thiophene rings is 1. The zero-order valence-corrected chi connectivity index (χ0v) is 17.8. The molecule has 1 aromatic heterocycles. The summed E-state index contributed by atoms with van der Waals surface area (Å²) in [7, 11) is 0. The Morgan fingerprint density at radius 2 is 1.59 bits per heavy atom. The molecule has 0 aliphatic heterocycles. The molecule has 7 nitrogen and oxygen atoms in total. The van der Waals surface area contributed by atoms with Crippen LogP contribution in [0.1, 0.15) is 64.2 Å². The Balaban J connectivity index is 2.15. The average Bonchev–Trinajstić information content (AvgIpc) is 2.99. The predicted octanol–water partition coefficient (Wildman–Crippen LogP) is 4.52. The maximum Gasteiger partial charge on any atom is 0.324 e. The molecule has 8 heteroatoms. The Bertz CT molecular complexity index is 919. The van der Waals surface area contributed by atoms with Crippen LogP contribution in [0.5, 0.6) is 0 Å². The molecule has 0 aromatic carbocycles. The molecule has 0 radical (unpaired) electrons. The van der Waals surface area contributed by atoms with Gasteiger partial charge in [0.2, 0.25) is 0 Å². The molecule has 29 heavy (non-hydrogen) atoms. The highest BCUT2D eigenvalue weighted by Crippen LogP contribution is 2.49. The van der Waals surface area contributed by atoms with Crippen molar-refractivity contribution in [1.82, 2.24) is 0 Å². The first kappa shape index (κ1) is 21.4. The van der Waals surface area contributed by atoms with E-state index in [0.717, 1.165) is 11.3 Å². The van der Waals surface area contributed by atoms with E-state index in [1.165, 1.54) is 12.1 Å². The molecular weight excluding hydrogens is 394 g/mol. The van der Waals surface area contributed by atoms with E-state index in [0.29, 0.717) is 4.88 Å². The lowest BCUT2D eigenvalue weighted by molar-refractivity contribution is -0.380. The summed E-state index contributed by atoms with van der Waals surface area (Å²) in [5, 5.41) is 21.8. The van der Waals surface area contributed by atoms with Gasteiger partial charge in [-0.3, -0.25) is 24.5 Å². The van der Waals surface area contributed by atoms with Gasteiger partial charge in [0.15, 0.2) is 5.78 Å². The quantitative estimate of drug-likeness (QED) is 0.436. The van der Waals surface area contributed by atoms with Crippen LogP contribution in [0.25, 0.3) is 0 Å². The van der Waals surface area contributed by atoms with Gasteiger partial charge in [0.05, 0.1) is 10.8 Å². The fourth-order valence-electron chi connectivity index (χ4n) is 4.51. The van der Waals surface area contributed by atoms with E-state index in [1.807, 2.05) is 27.7 Å². The Hall–Kier alpha value is -2.35. The molecule has 1 fully saturated rings. The van der Waals surface area contributed by atoms with Gasteiger partial charge in [0, 0.05) is 48.1 Å². The summed E-state index contributed by atoms with van der Waals surface area (Å²) < 4.78 is 0. The molecule has 156 valence electrons. The average molecular weight is 419 g/mol. The number of rotatable bonds is 4. The molecule has 0 bridgehead atoms. The van der Waals surface area contributed by atoms with E-state index >= 15 is 0 Å². The molecule has 1 atom stereocenters. The Morgan fingerprint density at radius 1 is 1.03 bits per heavy atom. The van der Waals surface area contributed by atoms with Gasteiger partial charge in [-0.05, 0) is 16.9 Å². The molecule has 1 unspecified atom stereocenters. The molecule has 2 aliphatic rings. The second kappa shape index (κ2) is 7.16. The van der Waals surface area contributed by atoms with Gasteiger partial charge in [-0.25, -0.2) is 0 Å². The Labute approximate surface area is 173 Å². The maximum atomic E-state index is 13.0. The number of Topliss-reactive ketones (excluding diaryl/α,β-unsaturated/α-hetero) is 3. The van der Waals surface area contributed by atoms with Crippen LogP contribution in [-0.4, -0.2) is 27.4 Å². The highest BCUT2D eigenvalue weighted by atomic mass is 32.1.